The van der Waals surface area contributed by atoms with Crippen molar-refractivity contribution in [3.8, 4) is 0 Å². The minimum Gasteiger partial charge on any atom is -0.465 e. The van der Waals surface area contributed by atoms with Gasteiger partial charge in [0.15, 0.2) is 0 Å². The number of rotatable bonds is 5. The molecule has 3 rings (SSSR count). The average Bonchev–Trinajstić information content (AvgIpc) is 2.96. The molecule has 0 aliphatic heterocycles. The molecule has 1 aliphatic carbocycles. The number of esters is 1. The van der Waals surface area contributed by atoms with Gasteiger partial charge in [0.25, 0.3) is 0 Å². The predicted octanol–water partition coefficient (Wildman–Crippen LogP) is 1.56. The molecule has 0 fully saturated rings. The number of ether oxygens (including phenoxy) is 1. The van der Waals surface area contributed by atoms with Gasteiger partial charge in [0.2, 0.25) is 10.0 Å². The van der Waals surface area contributed by atoms with Crippen LogP contribution in [0.2, 0.25) is 0 Å². The highest BCUT2D eigenvalue weighted by molar-refractivity contribution is 7.89. The Morgan fingerprint density at radius 2 is 1.92 bits per heavy atom. The standard InChI is InChI=1S/C17H21N3O4S/c1-20-16-6-4-3-5-14(16)15(19-20)11-18-25(22,23)13-9-7-12(8-10-13)17(21)24-2/h7-10,18H,3-6,11H2,1-2H3. The third-order valence-electron chi connectivity index (χ3n) is 4.46. The Morgan fingerprint density at radius 1 is 1.24 bits per heavy atom. The molecule has 25 heavy (non-hydrogen) atoms. The van der Waals surface area contributed by atoms with E-state index in [4.69, 9.17) is 0 Å². The zero-order valence-corrected chi connectivity index (χ0v) is 15.1. The van der Waals surface area contributed by atoms with Gasteiger partial charge in [-0.05, 0) is 55.5 Å². The molecular formula is C17H21N3O4S. The third kappa shape index (κ3) is 3.59. The van der Waals surface area contributed by atoms with Gasteiger partial charge < -0.3 is 4.74 Å². The van der Waals surface area contributed by atoms with Gasteiger partial charge in [-0.15, -0.1) is 0 Å². The first-order valence-electron chi connectivity index (χ1n) is 8.14. The molecule has 7 nitrogen and oxygen atoms in total. The van der Waals surface area contributed by atoms with Crippen molar-refractivity contribution in [1.29, 1.82) is 0 Å². The first-order valence-corrected chi connectivity index (χ1v) is 9.62. The summed E-state index contributed by atoms with van der Waals surface area (Å²) in [6.45, 7) is 0.157. The lowest BCUT2D eigenvalue weighted by Gasteiger charge is -2.13. The van der Waals surface area contributed by atoms with E-state index in [9.17, 15) is 13.2 Å². The monoisotopic (exact) mass is 363 g/mol. The number of hydrogen-bond donors (Lipinski definition) is 1. The molecule has 0 radical (unpaired) electrons. The van der Waals surface area contributed by atoms with E-state index in [0.29, 0.717) is 5.56 Å². The van der Waals surface area contributed by atoms with E-state index in [1.165, 1.54) is 37.1 Å². The SMILES string of the molecule is COC(=O)c1ccc(S(=O)(=O)NCc2nn(C)c3c2CCCC3)cc1. The number of methoxy groups -OCH3 is 1. The lowest BCUT2D eigenvalue weighted by molar-refractivity contribution is 0.0600. The van der Waals surface area contributed by atoms with Gasteiger partial charge in [-0.2, -0.15) is 5.10 Å². The maximum absolute atomic E-state index is 12.5. The van der Waals surface area contributed by atoms with E-state index in [1.807, 2.05) is 11.7 Å². The first kappa shape index (κ1) is 17.6. The van der Waals surface area contributed by atoms with Crippen LogP contribution in [-0.2, 0) is 41.2 Å². The zero-order valence-electron chi connectivity index (χ0n) is 14.3. The van der Waals surface area contributed by atoms with Crippen LogP contribution in [0, 0.1) is 0 Å². The first-order chi connectivity index (χ1) is 11.9. The summed E-state index contributed by atoms with van der Waals surface area (Å²) >= 11 is 0. The second kappa shape index (κ2) is 6.97. The van der Waals surface area contributed by atoms with Gasteiger partial charge in [0.05, 0.1) is 29.8 Å². The second-order valence-corrected chi connectivity index (χ2v) is 7.81. The number of hydrogen-bond acceptors (Lipinski definition) is 5. The van der Waals surface area contributed by atoms with E-state index in [1.54, 1.807) is 0 Å². The Morgan fingerprint density at radius 3 is 2.60 bits per heavy atom. The maximum atomic E-state index is 12.5. The zero-order chi connectivity index (χ0) is 18.0. The Kier molecular flexibility index (Phi) is 4.91. The minimum absolute atomic E-state index is 0.102. The lowest BCUT2D eigenvalue weighted by Crippen LogP contribution is -2.24. The highest BCUT2D eigenvalue weighted by atomic mass is 32.2. The van der Waals surface area contributed by atoms with Crippen LogP contribution in [0.3, 0.4) is 0 Å². The number of fused-ring (bicyclic) bond motifs is 1. The van der Waals surface area contributed by atoms with Crippen molar-refractivity contribution in [2.24, 2.45) is 7.05 Å². The molecule has 8 heteroatoms. The summed E-state index contributed by atoms with van der Waals surface area (Å²) in [5, 5.41) is 4.47. The smallest absolute Gasteiger partial charge is 0.337 e. The second-order valence-electron chi connectivity index (χ2n) is 6.04. The summed E-state index contributed by atoms with van der Waals surface area (Å²) in [6, 6.07) is 5.65. The maximum Gasteiger partial charge on any atom is 0.337 e. The molecule has 1 aromatic carbocycles. The van der Waals surface area contributed by atoms with Crippen molar-refractivity contribution in [1.82, 2.24) is 14.5 Å². The number of sulfonamides is 1. The van der Waals surface area contributed by atoms with Crippen LogP contribution in [0.15, 0.2) is 29.2 Å². The summed E-state index contributed by atoms with van der Waals surface area (Å²) in [4.78, 5) is 11.5. The Labute approximate surface area is 147 Å². The topological polar surface area (TPSA) is 90.3 Å². The van der Waals surface area contributed by atoms with Gasteiger partial charge in [0, 0.05) is 12.7 Å². The van der Waals surface area contributed by atoms with Gasteiger partial charge >= 0.3 is 5.97 Å². The highest BCUT2D eigenvalue weighted by Gasteiger charge is 2.21. The minimum atomic E-state index is -3.68. The van der Waals surface area contributed by atoms with Crippen molar-refractivity contribution >= 4 is 16.0 Å². The molecule has 0 unspecified atom stereocenters. The largest absolute Gasteiger partial charge is 0.465 e. The van der Waals surface area contributed by atoms with Crippen LogP contribution in [0.4, 0.5) is 0 Å². The van der Waals surface area contributed by atoms with Gasteiger partial charge in [-0.1, -0.05) is 0 Å². The molecule has 0 saturated carbocycles. The Hall–Kier alpha value is -2.19. The molecule has 1 heterocycles. The van der Waals surface area contributed by atoms with Crippen molar-refractivity contribution in [3.63, 3.8) is 0 Å². The Bertz CT molecular complexity index is 885. The van der Waals surface area contributed by atoms with E-state index >= 15 is 0 Å². The molecule has 0 saturated heterocycles. The summed E-state index contributed by atoms with van der Waals surface area (Å²) in [5.74, 6) is -0.503. The van der Waals surface area contributed by atoms with E-state index < -0.39 is 16.0 Å². The number of aromatic nitrogens is 2. The van der Waals surface area contributed by atoms with Crippen LogP contribution in [0.25, 0.3) is 0 Å². The fourth-order valence-corrected chi connectivity index (χ4v) is 4.12. The van der Waals surface area contributed by atoms with Crippen molar-refractivity contribution in [3.05, 3.63) is 46.8 Å². The molecule has 1 N–H and O–H groups in total. The quantitative estimate of drug-likeness (QED) is 0.814. The van der Waals surface area contributed by atoms with Gasteiger partial charge in [-0.25, -0.2) is 17.9 Å². The van der Waals surface area contributed by atoms with Gasteiger partial charge in [0.1, 0.15) is 0 Å². The van der Waals surface area contributed by atoms with Crippen LogP contribution in [0.5, 0.6) is 0 Å². The highest BCUT2D eigenvalue weighted by Crippen LogP contribution is 2.24. The van der Waals surface area contributed by atoms with Crippen molar-refractivity contribution in [2.45, 2.75) is 37.1 Å². The summed E-state index contributed by atoms with van der Waals surface area (Å²) in [5.41, 5.74) is 3.45. The molecule has 2 aromatic rings. The summed E-state index contributed by atoms with van der Waals surface area (Å²) in [7, 11) is -0.500. The number of aryl methyl sites for hydroxylation is 1. The van der Waals surface area contributed by atoms with Crippen LogP contribution < -0.4 is 4.72 Å². The number of nitrogens with one attached hydrogen (secondary N) is 1. The molecule has 134 valence electrons. The van der Waals surface area contributed by atoms with E-state index in [0.717, 1.165) is 36.9 Å². The Balaban J connectivity index is 1.75. The number of nitrogens with zero attached hydrogens (tertiary/aromatic N) is 2. The fourth-order valence-electron chi connectivity index (χ4n) is 3.14. The lowest BCUT2D eigenvalue weighted by atomic mass is 9.96. The molecule has 0 amide bonds. The van der Waals surface area contributed by atoms with E-state index in [2.05, 4.69) is 14.6 Å². The third-order valence-corrected chi connectivity index (χ3v) is 5.88. The number of carbonyl (C=O) groups excluding carboxylic acids is 1. The average molecular weight is 363 g/mol. The molecular weight excluding hydrogens is 342 g/mol. The van der Waals surface area contributed by atoms with Crippen LogP contribution in [-0.4, -0.2) is 31.3 Å². The predicted molar refractivity (Wildman–Crippen MR) is 91.7 cm³/mol. The number of benzene rings is 1. The van der Waals surface area contributed by atoms with Crippen LogP contribution >= 0.6 is 0 Å². The molecule has 0 bridgehead atoms. The molecule has 1 aliphatic rings. The number of carbonyl (C=O) groups is 1. The van der Waals surface area contributed by atoms with E-state index in [-0.39, 0.29) is 11.4 Å². The van der Waals surface area contributed by atoms with Crippen LogP contribution in [0.1, 0.15) is 40.2 Å². The van der Waals surface area contributed by atoms with Crippen molar-refractivity contribution < 1.29 is 17.9 Å². The summed E-state index contributed by atoms with van der Waals surface area (Å²) < 4.78 is 34.0. The molecule has 0 atom stereocenters. The molecule has 1 aromatic heterocycles. The molecule has 0 spiro atoms. The van der Waals surface area contributed by atoms with Gasteiger partial charge in [-0.3, -0.25) is 4.68 Å². The fraction of sp³-hybridized carbons (Fsp3) is 0.412. The normalized spacial score (nSPS) is 14.2. The van der Waals surface area contributed by atoms with Crippen molar-refractivity contribution in [2.75, 3.05) is 7.11 Å². The summed E-state index contributed by atoms with van der Waals surface area (Å²) in [6.07, 6.45) is 4.17.